The predicted molar refractivity (Wildman–Crippen MR) is 212 cm³/mol. The molecule has 282 valence electrons. The second-order valence-corrected chi connectivity index (χ2v) is 20.3. The van der Waals surface area contributed by atoms with E-state index in [1.165, 1.54) is 15.6 Å². The molecule has 0 amide bonds. The second-order valence-electron chi connectivity index (χ2n) is 17.2. The fourth-order valence-electron chi connectivity index (χ4n) is 12.2. The summed E-state index contributed by atoms with van der Waals surface area (Å²) in [7, 11) is -2.36. The molecule has 2 N–H and O–H groups in total. The normalized spacial score (nSPS) is 35.4. The molecular weight excluding hydrogens is 715 g/mol. The van der Waals surface area contributed by atoms with Crippen LogP contribution in [-0.4, -0.2) is 54.1 Å². The maximum Gasteiger partial charge on any atom is 0.252 e. The van der Waals surface area contributed by atoms with Crippen LogP contribution >= 0.6 is 11.3 Å². The third-order valence-electron chi connectivity index (χ3n) is 15.1. The third kappa shape index (κ3) is 4.94. The van der Waals surface area contributed by atoms with Gasteiger partial charge < -0.3 is 14.9 Å². The van der Waals surface area contributed by atoms with Crippen LogP contribution in [0.3, 0.4) is 0 Å². The van der Waals surface area contributed by atoms with E-state index in [4.69, 9.17) is 4.74 Å². The van der Waals surface area contributed by atoms with Gasteiger partial charge in [0.1, 0.15) is 9.96 Å². The van der Waals surface area contributed by atoms with Gasteiger partial charge >= 0.3 is 0 Å². The number of fused-ring (bicyclic) bond motifs is 2. The molecule has 8 unspecified atom stereocenters. The van der Waals surface area contributed by atoms with Gasteiger partial charge in [-0.2, -0.15) is 4.31 Å². The summed E-state index contributed by atoms with van der Waals surface area (Å²) in [6, 6.07) is 24.7. The summed E-state index contributed by atoms with van der Waals surface area (Å²) in [5, 5.41) is 28.1. The number of thiophene rings is 1. The largest absolute Gasteiger partial charge is 0.497 e. The highest BCUT2D eigenvalue weighted by atomic mass is 32.2. The lowest BCUT2D eigenvalue weighted by atomic mass is 9.32. The summed E-state index contributed by atoms with van der Waals surface area (Å²) in [6.07, 6.45) is 11.1. The number of benzene rings is 3. The fraction of sp³-hybridized carbons (Fsp3) is 0.444. The molecule has 3 saturated carbocycles. The van der Waals surface area contributed by atoms with Gasteiger partial charge in [0, 0.05) is 40.5 Å². The lowest BCUT2D eigenvalue weighted by molar-refractivity contribution is -0.173. The zero-order valence-corrected chi connectivity index (χ0v) is 32.8. The smallest absolute Gasteiger partial charge is 0.252 e. The lowest BCUT2D eigenvalue weighted by Crippen LogP contribution is -2.67. The van der Waals surface area contributed by atoms with Gasteiger partial charge in [-0.25, -0.2) is 8.42 Å². The van der Waals surface area contributed by atoms with Crippen molar-refractivity contribution in [3.05, 3.63) is 119 Å². The Morgan fingerprint density at radius 3 is 2.37 bits per heavy atom. The first-order chi connectivity index (χ1) is 25.8. The molecule has 0 radical (unpaired) electrons. The number of aliphatic hydroxyl groups is 2. The number of hydrogen-bond acceptors (Lipinski definition) is 7. The maximum atomic E-state index is 14.9. The molecule has 3 fully saturated rings. The minimum Gasteiger partial charge on any atom is -0.497 e. The number of carbonyl (C=O) groups excluding carboxylic acids is 1. The Balaban J connectivity index is 1.15. The van der Waals surface area contributed by atoms with Crippen LogP contribution in [0.4, 0.5) is 0 Å². The Hall–Kier alpha value is -3.60. The molecule has 6 aliphatic rings. The monoisotopic (exact) mass is 763 g/mol. The van der Waals surface area contributed by atoms with E-state index in [9.17, 15) is 23.4 Å². The quantitative estimate of drug-likeness (QED) is 0.131. The highest BCUT2D eigenvalue weighted by Gasteiger charge is 2.74. The van der Waals surface area contributed by atoms with Gasteiger partial charge in [-0.3, -0.25) is 4.79 Å². The minimum absolute atomic E-state index is 0.0222. The molecule has 8 atom stereocenters. The Morgan fingerprint density at radius 2 is 1.61 bits per heavy atom. The van der Waals surface area contributed by atoms with Crippen LogP contribution in [0.2, 0.25) is 0 Å². The van der Waals surface area contributed by atoms with Crippen molar-refractivity contribution in [1.29, 1.82) is 0 Å². The average Bonchev–Trinajstić information content (AvgIpc) is 3.82. The molecule has 9 heteroatoms. The van der Waals surface area contributed by atoms with E-state index in [0.29, 0.717) is 37.0 Å². The number of rotatable bonds is 9. The minimum atomic E-state index is -3.97. The fourth-order valence-corrected chi connectivity index (χ4v) is 14.8. The molecule has 3 aromatic carbocycles. The van der Waals surface area contributed by atoms with E-state index in [1.807, 2.05) is 66.7 Å². The Labute approximate surface area is 322 Å². The molecule has 0 saturated heterocycles. The highest BCUT2D eigenvalue weighted by molar-refractivity contribution is 7.91. The van der Waals surface area contributed by atoms with E-state index in [1.54, 1.807) is 24.6 Å². The molecule has 7 nitrogen and oxygen atoms in total. The van der Waals surface area contributed by atoms with Crippen molar-refractivity contribution in [2.24, 2.45) is 33.5 Å². The van der Waals surface area contributed by atoms with Crippen molar-refractivity contribution in [2.45, 2.75) is 81.3 Å². The van der Waals surface area contributed by atoms with Gasteiger partial charge in [-0.05, 0) is 114 Å². The van der Waals surface area contributed by atoms with Gasteiger partial charge in [0.15, 0.2) is 5.78 Å². The third-order valence-corrected chi connectivity index (χ3v) is 18.2. The van der Waals surface area contributed by atoms with E-state index in [2.05, 4.69) is 32.1 Å². The first-order valence-corrected chi connectivity index (χ1v) is 21.7. The lowest BCUT2D eigenvalue weighted by Gasteiger charge is -2.71. The summed E-state index contributed by atoms with van der Waals surface area (Å²) >= 11 is 1.20. The number of methoxy groups -OCH3 is 1. The van der Waals surface area contributed by atoms with Gasteiger partial charge in [-0.15, -0.1) is 11.3 Å². The number of allylic oxidation sites excluding steroid dienone is 4. The number of nitrogens with zero attached hydrogens (tertiary/aromatic N) is 1. The molecule has 54 heavy (non-hydrogen) atoms. The van der Waals surface area contributed by atoms with Crippen LogP contribution in [0.5, 0.6) is 5.75 Å². The van der Waals surface area contributed by atoms with Gasteiger partial charge in [0.2, 0.25) is 0 Å². The number of sulfonamides is 1. The first-order valence-electron chi connectivity index (χ1n) is 19.3. The van der Waals surface area contributed by atoms with E-state index >= 15 is 0 Å². The van der Waals surface area contributed by atoms with Crippen LogP contribution in [0.1, 0.15) is 74.7 Å². The van der Waals surface area contributed by atoms with Crippen molar-refractivity contribution in [3.63, 3.8) is 0 Å². The van der Waals surface area contributed by atoms with E-state index in [-0.39, 0.29) is 40.3 Å². The Morgan fingerprint density at radius 1 is 0.889 bits per heavy atom. The molecule has 10 rings (SSSR count). The molecule has 1 heterocycles. The zero-order valence-electron chi connectivity index (χ0n) is 31.2. The SMILES string of the molecule is COc1ccc(C(=O)C2=CC34C=CC25C(CCC2(C)C5CCC2(O)CN(Cc2cccc5ccccc25)S(=O)(=O)c2cccs2)C3(C)CCC(O)C4)cc1. The van der Waals surface area contributed by atoms with Crippen LogP contribution < -0.4 is 4.74 Å². The number of ketones is 1. The molecule has 1 aromatic heterocycles. The van der Waals surface area contributed by atoms with Gasteiger partial charge in [-0.1, -0.05) is 80.6 Å². The topological polar surface area (TPSA) is 104 Å². The first kappa shape index (κ1) is 36.1. The van der Waals surface area contributed by atoms with Crippen molar-refractivity contribution in [3.8, 4) is 5.75 Å². The zero-order chi connectivity index (χ0) is 37.7. The van der Waals surface area contributed by atoms with E-state index in [0.717, 1.165) is 41.2 Å². The number of carbonyl (C=O) groups is 1. The highest BCUT2D eigenvalue weighted by Crippen LogP contribution is 2.78. The Bertz CT molecular complexity index is 2300. The van der Waals surface area contributed by atoms with Crippen LogP contribution in [0, 0.1) is 33.5 Å². The van der Waals surface area contributed by atoms with Gasteiger partial charge in [0.25, 0.3) is 10.0 Å². The molecule has 2 bridgehead atoms. The van der Waals surface area contributed by atoms with E-state index < -0.39 is 38.0 Å². The van der Waals surface area contributed by atoms with Crippen LogP contribution in [0.25, 0.3) is 10.8 Å². The average molecular weight is 764 g/mol. The van der Waals surface area contributed by atoms with Crippen molar-refractivity contribution in [2.75, 3.05) is 13.7 Å². The maximum absolute atomic E-state index is 14.9. The standard InChI is InChI=1S/C45H49NO6S2/c1-41-20-17-33(47)26-43(41)23-24-45(36(27-43)40(48)31-13-15-34(52-3)16-14-31)37(41)18-21-42(2)38(45)19-22-44(42,49)29-46(54(50,51)39-12-7-25-53-39)28-32-10-6-9-30-8-4-5-11-35(30)32/h4-16,23-25,27,33,37-38,47,49H,17-22,26,28-29H2,1-3H3. The Kier molecular flexibility index (Phi) is 8.32. The second kappa shape index (κ2) is 12.5. The van der Waals surface area contributed by atoms with Crippen LogP contribution in [-0.2, 0) is 16.6 Å². The molecule has 6 aliphatic carbocycles. The number of ether oxygens (including phenoxy) is 1. The van der Waals surface area contributed by atoms with Crippen molar-refractivity contribution in [1.82, 2.24) is 4.31 Å². The van der Waals surface area contributed by atoms with Crippen molar-refractivity contribution < 1.29 is 28.2 Å². The number of Topliss-reactive ketones (excluding diaryl/α,β-unsaturated/α-hetero) is 1. The van der Waals surface area contributed by atoms with Gasteiger partial charge in [0.05, 0.1) is 18.8 Å². The molecule has 0 aliphatic heterocycles. The number of aliphatic hydroxyl groups excluding tert-OH is 1. The number of hydrogen-bond donors (Lipinski definition) is 2. The van der Waals surface area contributed by atoms with Crippen LogP contribution in [0.15, 0.2) is 112 Å². The summed E-state index contributed by atoms with van der Waals surface area (Å²) in [5.74, 6) is 0.682. The summed E-state index contributed by atoms with van der Waals surface area (Å²) < 4.78 is 36.4. The molecule has 2 spiro atoms. The van der Waals surface area contributed by atoms with Crippen molar-refractivity contribution >= 4 is 37.9 Å². The predicted octanol–water partition coefficient (Wildman–Crippen LogP) is 8.57. The summed E-state index contributed by atoms with van der Waals surface area (Å²) in [4.78, 5) is 14.9. The summed E-state index contributed by atoms with van der Waals surface area (Å²) in [6.45, 7) is 4.61. The molecule has 4 aromatic rings. The summed E-state index contributed by atoms with van der Waals surface area (Å²) in [5.41, 5.74) is -1.07. The molecular formula is C45H49NO6S2.